The molecular weight excluding hydrogens is 220 g/mol. The maximum Gasteiger partial charge on any atom is 0.352 e. The Morgan fingerprint density at radius 1 is 1.53 bits per heavy atom. The largest absolute Gasteiger partial charge is 0.477 e. The average Bonchev–Trinajstić information content (AvgIpc) is 1.99. The Hall–Kier alpha value is -1.36. The van der Waals surface area contributed by atoms with Crippen molar-refractivity contribution in [2.24, 2.45) is 0 Å². The molecule has 0 aromatic carbocycles. The van der Waals surface area contributed by atoms with E-state index < -0.39 is 17.2 Å². The van der Waals surface area contributed by atoms with E-state index in [1.165, 1.54) is 0 Å². The summed E-state index contributed by atoms with van der Waals surface area (Å²) in [7, 11) is 0. The molecule has 0 amide bonds. The van der Waals surface area contributed by atoms with Crippen molar-refractivity contribution < 1.29 is 9.90 Å². The molecule has 0 aliphatic carbocycles. The fourth-order valence-corrected chi connectivity index (χ4v) is 1.44. The lowest BCUT2D eigenvalue weighted by molar-refractivity contribution is 0.0675. The van der Waals surface area contributed by atoms with E-state index in [9.17, 15) is 9.59 Å². The second-order valence-electron chi connectivity index (χ2n) is 4.06. The molecule has 1 aromatic heterocycles. The van der Waals surface area contributed by atoms with Crippen molar-refractivity contribution in [3.8, 4) is 0 Å². The van der Waals surface area contributed by atoms with Crippen LogP contribution in [-0.4, -0.2) is 20.6 Å². The molecule has 0 unspecified atom stereocenters. The van der Waals surface area contributed by atoms with Crippen LogP contribution >= 0.6 is 11.6 Å². The molecule has 15 heavy (non-hydrogen) atoms. The Kier molecular flexibility index (Phi) is 2.86. The molecule has 0 atom stereocenters. The van der Waals surface area contributed by atoms with Gasteiger partial charge in [-0.05, 0) is 20.8 Å². The van der Waals surface area contributed by atoms with E-state index in [2.05, 4.69) is 4.98 Å². The second kappa shape index (κ2) is 3.66. The maximum absolute atomic E-state index is 11.5. The van der Waals surface area contributed by atoms with Crippen molar-refractivity contribution in [2.45, 2.75) is 26.3 Å². The minimum absolute atomic E-state index is 0.113. The lowest BCUT2D eigenvalue weighted by atomic mass is 10.1. The molecule has 1 rings (SSSR count). The standard InChI is InChI=1S/C9H11ClN2O3/c1-9(2,3)12-5(7(13)14)4-6(10)11-8(12)15/h4H,1-3H3,(H,13,14). The summed E-state index contributed by atoms with van der Waals surface area (Å²) in [4.78, 5) is 25.9. The highest BCUT2D eigenvalue weighted by molar-refractivity contribution is 6.29. The van der Waals surface area contributed by atoms with Crippen molar-refractivity contribution in [3.05, 3.63) is 27.4 Å². The summed E-state index contributed by atoms with van der Waals surface area (Å²) in [6.07, 6.45) is 0. The predicted octanol–water partition coefficient (Wildman–Crippen LogP) is 1.35. The third kappa shape index (κ3) is 2.36. The minimum atomic E-state index is -1.20. The molecule has 0 radical (unpaired) electrons. The van der Waals surface area contributed by atoms with Crippen LogP contribution in [0.15, 0.2) is 10.9 Å². The number of aromatic nitrogens is 2. The number of hydrogen-bond acceptors (Lipinski definition) is 3. The van der Waals surface area contributed by atoms with Gasteiger partial charge in [0.15, 0.2) is 0 Å². The number of aromatic carboxylic acids is 1. The lowest BCUT2D eigenvalue weighted by Crippen LogP contribution is -2.39. The molecule has 0 aliphatic heterocycles. The molecule has 0 aliphatic rings. The molecule has 6 heteroatoms. The van der Waals surface area contributed by atoms with Crippen molar-refractivity contribution >= 4 is 17.6 Å². The fourth-order valence-electron chi connectivity index (χ4n) is 1.26. The summed E-state index contributed by atoms with van der Waals surface area (Å²) >= 11 is 5.53. The van der Waals surface area contributed by atoms with Crippen LogP contribution in [0.25, 0.3) is 0 Å². The van der Waals surface area contributed by atoms with Gasteiger partial charge >= 0.3 is 11.7 Å². The molecule has 0 saturated heterocycles. The quantitative estimate of drug-likeness (QED) is 0.740. The number of carboxylic acid groups (broad SMARTS) is 1. The molecule has 1 N–H and O–H groups in total. The van der Waals surface area contributed by atoms with E-state index in [1.807, 2.05) is 0 Å². The van der Waals surface area contributed by atoms with Gasteiger partial charge in [0.25, 0.3) is 0 Å². The SMILES string of the molecule is CC(C)(C)n1c(C(=O)O)cc(Cl)nc1=O. The van der Waals surface area contributed by atoms with Crippen LogP contribution in [0.4, 0.5) is 0 Å². The van der Waals surface area contributed by atoms with Gasteiger partial charge in [-0.2, -0.15) is 4.98 Å². The Bertz CT molecular complexity index is 459. The van der Waals surface area contributed by atoms with E-state index >= 15 is 0 Å². The van der Waals surface area contributed by atoms with E-state index in [0.29, 0.717) is 0 Å². The highest BCUT2D eigenvalue weighted by Crippen LogP contribution is 2.15. The van der Waals surface area contributed by atoms with Crippen LogP contribution < -0.4 is 5.69 Å². The maximum atomic E-state index is 11.5. The van der Waals surface area contributed by atoms with Gasteiger partial charge in [-0.3, -0.25) is 4.57 Å². The van der Waals surface area contributed by atoms with Gasteiger partial charge in [-0.25, -0.2) is 9.59 Å². The van der Waals surface area contributed by atoms with Crippen LogP contribution in [0.3, 0.4) is 0 Å². The van der Waals surface area contributed by atoms with Gasteiger partial charge in [0.1, 0.15) is 10.8 Å². The predicted molar refractivity (Wildman–Crippen MR) is 55.5 cm³/mol. The van der Waals surface area contributed by atoms with Gasteiger partial charge in [0.05, 0.1) is 0 Å². The molecule has 1 heterocycles. The average molecular weight is 231 g/mol. The van der Waals surface area contributed by atoms with Crippen LogP contribution in [0.5, 0.6) is 0 Å². The van der Waals surface area contributed by atoms with E-state index in [0.717, 1.165) is 10.6 Å². The van der Waals surface area contributed by atoms with E-state index in [1.54, 1.807) is 20.8 Å². The highest BCUT2D eigenvalue weighted by Gasteiger charge is 2.23. The van der Waals surface area contributed by atoms with Crippen LogP contribution in [-0.2, 0) is 5.54 Å². The smallest absolute Gasteiger partial charge is 0.352 e. The summed E-state index contributed by atoms with van der Waals surface area (Å²) in [5.74, 6) is -1.20. The van der Waals surface area contributed by atoms with Crippen molar-refractivity contribution in [1.82, 2.24) is 9.55 Å². The summed E-state index contributed by atoms with van der Waals surface area (Å²) < 4.78 is 1.10. The first-order valence-electron chi connectivity index (χ1n) is 4.27. The zero-order chi connectivity index (χ0) is 11.8. The Balaban J connectivity index is 3.63. The third-order valence-corrected chi connectivity index (χ3v) is 1.97. The molecule has 0 saturated carbocycles. The molecule has 0 bridgehead atoms. The van der Waals surface area contributed by atoms with Crippen LogP contribution in [0.2, 0.25) is 5.15 Å². The zero-order valence-electron chi connectivity index (χ0n) is 8.61. The van der Waals surface area contributed by atoms with Gasteiger partial charge in [-0.1, -0.05) is 11.6 Å². The van der Waals surface area contributed by atoms with Crippen molar-refractivity contribution in [2.75, 3.05) is 0 Å². The number of halogens is 1. The number of hydrogen-bond donors (Lipinski definition) is 1. The molecule has 5 nitrogen and oxygen atoms in total. The Morgan fingerprint density at radius 3 is 2.47 bits per heavy atom. The zero-order valence-corrected chi connectivity index (χ0v) is 9.37. The number of carbonyl (C=O) groups is 1. The fraction of sp³-hybridized carbons (Fsp3) is 0.444. The Labute approximate surface area is 91.3 Å². The molecule has 0 spiro atoms. The van der Waals surface area contributed by atoms with E-state index in [-0.39, 0.29) is 10.8 Å². The summed E-state index contributed by atoms with van der Waals surface area (Å²) in [5.41, 5.74) is -1.47. The van der Waals surface area contributed by atoms with Gasteiger partial charge in [0, 0.05) is 11.6 Å². The summed E-state index contributed by atoms with van der Waals surface area (Å²) in [5, 5.41) is 8.82. The Morgan fingerprint density at radius 2 is 2.07 bits per heavy atom. The van der Waals surface area contributed by atoms with Crippen LogP contribution in [0.1, 0.15) is 31.3 Å². The first-order valence-corrected chi connectivity index (χ1v) is 4.64. The third-order valence-electron chi connectivity index (χ3n) is 1.78. The second-order valence-corrected chi connectivity index (χ2v) is 4.45. The first-order chi connectivity index (χ1) is 6.73. The topological polar surface area (TPSA) is 72.2 Å². The minimum Gasteiger partial charge on any atom is -0.477 e. The summed E-state index contributed by atoms with van der Waals surface area (Å²) in [6.45, 7) is 5.16. The van der Waals surface area contributed by atoms with Crippen molar-refractivity contribution in [1.29, 1.82) is 0 Å². The van der Waals surface area contributed by atoms with Gasteiger partial charge in [-0.15, -0.1) is 0 Å². The van der Waals surface area contributed by atoms with Crippen LogP contribution in [0, 0.1) is 0 Å². The van der Waals surface area contributed by atoms with E-state index in [4.69, 9.17) is 16.7 Å². The molecule has 0 fully saturated rings. The molecule has 82 valence electrons. The molecular formula is C9H11ClN2O3. The monoisotopic (exact) mass is 230 g/mol. The highest BCUT2D eigenvalue weighted by atomic mass is 35.5. The number of rotatable bonds is 1. The van der Waals surface area contributed by atoms with Gasteiger partial charge < -0.3 is 5.11 Å². The first kappa shape index (κ1) is 11.7. The normalized spacial score (nSPS) is 11.5. The van der Waals surface area contributed by atoms with Crippen molar-refractivity contribution in [3.63, 3.8) is 0 Å². The summed E-state index contributed by atoms with van der Waals surface area (Å²) in [6, 6.07) is 1.16. The number of carboxylic acids is 1. The number of nitrogens with zero attached hydrogens (tertiary/aromatic N) is 2. The lowest BCUT2D eigenvalue weighted by Gasteiger charge is -2.23. The van der Waals surface area contributed by atoms with Gasteiger partial charge in [0.2, 0.25) is 0 Å². The molecule has 1 aromatic rings.